The molecule has 3 aromatic carbocycles. The van der Waals surface area contributed by atoms with Gasteiger partial charge in [-0.25, -0.2) is 0 Å². The molecule has 5 nitrogen and oxygen atoms in total. The standard InChI is InChI=1S/C26H21Cl2NO4S/c1-16-4-3-5-18(10-16)15-33-22-9-6-17(11-23(22)32-2)12-24-25(30)29(26(31)34-24)14-19-7-8-20(27)13-21(19)28/h3-13H,14-15H2,1-2H3/b24-12-. The summed E-state index contributed by atoms with van der Waals surface area (Å²) in [6.45, 7) is 2.52. The van der Waals surface area contributed by atoms with Crippen LogP contribution in [-0.2, 0) is 17.9 Å². The maximum Gasteiger partial charge on any atom is 0.293 e. The molecule has 1 aliphatic rings. The van der Waals surface area contributed by atoms with Gasteiger partial charge in [-0.2, -0.15) is 0 Å². The first-order valence-electron chi connectivity index (χ1n) is 10.4. The average molecular weight is 514 g/mol. The molecule has 0 saturated carbocycles. The third-order valence-electron chi connectivity index (χ3n) is 5.18. The molecule has 3 aromatic rings. The molecule has 1 fully saturated rings. The molecule has 0 unspecified atom stereocenters. The van der Waals surface area contributed by atoms with Crippen molar-refractivity contribution in [2.75, 3.05) is 7.11 Å². The van der Waals surface area contributed by atoms with Crippen LogP contribution in [0.5, 0.6) is 11.5 Å². The first-order valence-corrected chi connectivity index (χ1v) is 12.0. The predicted molar refractivity (Wildman–Crippen MR) is 136 cm³/mol. The summed E-state index contributed by atoms with van der Waals surface area (Å²) in [6.07, 6.45) is 1.67. The fourth-order valence-corrected chi connectivity index (χ4v) is 4.77. The quantitative estimate of drug-likeness (QED) is 0.314. The van der Waals surface area contributed by atoms with Crippen molar-refractivity contribution >= 4 is 52.2 Å². The van der Waals surface area contributed by atoms with E-state index in [0.717, 1.165) is 28.5 Å². The van der Waals surface area contributed by atoms with E-state index in [2.05, 4.69) is 6.07 Å². The summed E-state index contributed by atoms with van der Waals surface area (Å²) in [5, 5.41) is 0.539. The number of imide groups is 1. The lowest BCUT2D eigenvalue weighted by Gasteiger charge is -2.14. The number of aryl methyl sites for hydroxylation is 1. The highest BCUT2D eigenvalue weighted by Gasteiger charge is 2.35. The minimum absolute atomic E-state index is 0.0765. The van der Waals surface area contributed by atoms with E-state index >= 15 is 0 Å². The Hall–Kier alpha value is -2.93. The molecule has 0 aromatic heterocycles. The summed E-state index contributed by atoms with van der Waals surface area (Å²) in [6, 6.07) is 18.4. The molecule has 8 heteroatoms. The van der Waals surface area contributed by atoms with E-state index in [-0.39, 0.29) is 17.7 Å². The fraction of sp³-hybridized carbons (Fsp3) is 0.154. The largest absolute Gasteiger partial charge is 0.493 e. The van der Waals surface area contributed by atoms with Crippen molar-refractivity contribution in [2.45, 2.75) is 20.1 Å². The van der Waals surface area contributed by atoms with E-state index in [0.29, 0.717) is 38.6 Å². The van der Waals surface area contributed by atoms with Gasteiger partial charge in [-0.15, -0.1) is 0 Å². The van der Waals surface area contributed by atoms with Crippen LogP contribution < -0.4 is 9.47 Å². The van der Waals surface area contributed by atoms with Crippen LogP contribution in [0.15, 0.2) is 65.6 Å². The van der Waals surface area contributed by atoms with Gasteiger partial charge in [-0.1, -0.05) is 65.2 Å². The smallest absolute Gasteiger partial charge is 0.293 e. The number of rotatable bonds is 7. The Labute approximate surface area is 212 Å². The molecule has 0 spiro atoms. The van der Waals surface area contributed by atoms with Gasteiger partial charge in [0.05, 0.1) is 18.6 Å². The van der Waals surface area contributed by atoms with Crippen LogP contribution in [0.2, 0.25) is 10.0 Å². The van der Waals surface area contributed by atoms with Gasteiger partial charge >= 0.3 is 0 Å². The van der Waals surface area contributed by atoms with Gasteiger partial charge in [0.1, 0.15) is 6.61 Å². The average Bonchev–Trinajstić information content (AvgIpc) is 3.07. The topological polar surface area (TPSA) is 55.8 Å². The number of ether oxygens (including phenoxy) is 2. The fourth-order valence-electron chi connectivity index (χ4n) is 3.46. The third kappa shape index (κ3) is 5.58. The molecule has 1 heterocycles. The van der Waals surface area contributed by atoms with E-state index in [9.17, 15) is 9.59 Å². The Bertz CT molecular complexity index is 1290. The van der Waals surface area contributed by atoms with E-state index in [4.69, 9.17) is 32.7 Å². The summed E-state index contributed by atoms with van der Waals surface area (Å²) in [5.74, 6) is 0.750. The van der Waals surface area contributed by atoms with Crippen molar-refractivity contribution in [1.29, 1.82) is 0 Å². The first kappa shape index (κ1) is 24.2. The number of hydrogen-bond donors (Lipinski definition) is 0. The van der Waals surface area contributed by atoms with Gasteiger partial charge in [0.2, 0.25) is 0 Å². The van der Waals surface area contributed by atoms with Gasteiger partial charge in [0, 0.05) is 10.0 Å². The van der Waals surface area contributed by atoms with Crippen molar-refractivity contribution in [3.63, 3.8) is 0 Å². The second-order valence-electron chi connectivity index (χ2n) is 7.69. The van der Waals surface area contributed by atoms with E-state index < -0.39 is 0 Å². The summed E-state index contributed by atoms with van der Waals surface area (Å²) in [4.78, 5) is 26.9. The summed E-state index contributed by atoms with van der Waals surface area (Å²) in [5.41, 5.74) is 3.58. The molecule has 0 N–H and O–H groups in total. The molecule has 1 saturated heterocycles. The Morgan fingerprint density at radius 1 is 1.00 bits per heavy atom. The molecule has 1 aliphatic heterocycles. The highest BCUT2D eigenvalue weighted by atomic mass is 35.5. The molecule has 4 rings (SSSR count). The molecule has 2 amide bonds. The SMILES string of the molecule is COc1cc(/C=C2\SC(=O)N(Cc3ccc(Cl)cc3Cl)C2=O)ccc1OCc1cccc(C)c1. The van der Waals surface area contributed by atoms with Crippen molar-refractivity contribution in [3.8, 4) is 11.5 Å². The third-order valence-corrected chi connectivity index (χ3v) is 6.67. The Balaban J connectivity index is 1.49. The number of thioether (sulfide) groups is 1. The van der Waals surface area contributed by atoms with Crippen LogP contribution in [0.1, 0.15) is 22.3 Å². The molecular formula is C26H21Cl2NO4S. The number of amides is 2. The maximum atomic E-state index is 12.9. The van der Waals surface area contributed by atoms with Crippen molar-refractivity contribution in [2.24, 2.45) is 0 Å². The second-order valence-corrected chi connectivity index (χ2v) is 9.53. The number of carbonyl (C=O) groups excluding carboxylic acids is 2. The van der Waals surface area contributed by atoms with Crippen molar-refractivity contribution < 1.29 is 19.1 Å². The Kier molecular flexibility index (Phi) is 7.51. The van der Waals surface area contributed by atoms with Crippen LogP contribution in [0.3, 0.4) is 0 Å². The van der Waals surface area contributed by atoms with Gasteiger partial charge < -0.3 is 9.47 Å². The minimum Gasteiger partial charge on any atom is -0.493 e. The van der Waals surface area contributed by atoms with Crippen molar-refractivity contribution in [1.82, 2.24) is 4.90 Å². The summed E-state index contributed by atoms with van der Waals surface area (Å²) in [7, 11) is 1.56. The minimum atomic E-state index is -0.375. The van der Waals surface area contributed by atoms with Crippen LogP contribution in [0.25, 0.3) is 6.08 Å². The molecule has 0 atom stereocenters. The number of halogens is 2. The number of carbonyl (C=O) groups is 2. The van der Waals surface area contributed by atoms with Crippen LogP contribution in [0.4, 0.5) is 4.79 Å². The van der Waals surface area contributed by atoms with Crippen molar-refractivity contribution in [3.05, 3.63) is 97.9 Å². The normalized spacial score (nSPS) is 14.7. The molecule has 174 valence electrons. The van der Waals surface area contributed by atoms with E-state index in [1.807, 2.05) is 31.2 Å². The summed E-state index contributed by atoms with van der Waals surface area (Å²) < 4.78 is 11.4. The maximum absolute atomic E-state index is 12.9. The first-order chi connectivity index (χ1) is 16.3. The van der Waals surface area contributed by atoms with E-state index in [1.54, 1.807) is 43.5 Å². The Morgan fingerprint density at radius 3 is 2.56 bits per heavy atom. The lowest BCUT2D eigenvalue weighted by molar-refractivity contribution is -0.123. The van der Waals surface area contributed by atoms with Gasteiger partial charge in [0.15, 0.2) is 11.5 Å². The zero-order valence-corrected chi connectivity index (χ0v) is 20.8. The lowest BCUT2D eigenvalue weighted by atomic mass is 10.1. The van der Waals surface area contributed by atoms with Crippen LogP contribution in [0, 0.1) is 6.92 Å². The molecule has 34 heavy (non-hydrogen) atoms. The highest BCUT2D eigenvalue weighted by Crippen LogP contribution is 2.36. The van der Waals surface area contributed by atoms with E-state index in [1.165, 1.54) is 4.90 Å². The van der Waals surface area contributed by atoms with Gasteiger partial charge in [0.25, 0.3) is 11.1 Å². The van der Waals surface area contributed by atoms with Crippen LogP contribution in [-0.4, -0.2) is 23.2 Å². The number of methoxy groups -OCH3 is 1. The van der Waals surface area contributed by atoms with Crippen LogP contribution >= 0.6 is 35.0 Å². The zero-order chi connectivity index (χ0) is 24.2. The summed E-state index contributed by atoms with van der Waals surface area (Å²) >= 11 is 13.0. The number of nitrogens with zero attached hydrogens (tertiary/aromatic N) is 1. The Morgan fingerprint density at radius 2 is 1.82 bits per heavy atom. The molecular weight excluding hydrogens is 493 g/mol. The number of benzene rings is 3. The molecule has 0 radical (unpaired) electrons. The molecule has 0 bridgehead atoms. The predicted octanol–water partition coefficient (Wildman–Crippen LogP) is 7.13. The lowest BCUT2D eigenvalue weighted by Crippen LogP contribution is -2.27. The van der Waals surface area contributed by atoms with Gasteiger partial charge in [-0.05, 0) is 65.7 Å². The zero-order valence-electron chi connectivity index (χ0n) is 18.5. The number of hydrogen-bond acceptors (Lipinski definition) is 5. The van der Waals surface area contributed by atoms with Gasteiger partial charge in [-0.3, -0.25) is 14.5 Å². The highest BCUT2D eigenvalue weighted by molar-refractivity contribution is 8.18. The second kappa shape index (κ2) is 10.6. The molecule has 0 aliphatic carbocycles. The monoisotopic (exact) mass is 513 g/mol.